The zero-order valence-electron chi connectivity index (χ0n) is 12.1. The molecule has 0 radical (unpaired) electrons. The summed E-state index contributed by atoms with van der Waals surface area (Å²) in [5, 5.41) is 9.72. The van der Waals surface area contributed by atoms with Gasteiger partial charge in [-0.05, 0) is 37.5 Å². The number of rotatable bonds is 3. The standard InChI is InChI=1S/C16H28O/c1-12-8-7-9-14(16(12,5)6)10-11-15(3,4)13(2)17/h10-11,13-14,17H,1,7-9H2,2-6H3/b11-10+/t13-,14?/m0/s1. The van der Waals surface area contributed by atoms with E-state index in [4.69, 9.17) is 0 Å². The second-order valence-electron chi connectivity index (χ2n) is 6.68. The first-order chi connectivity index (χ1) is 7.68. The Balaban J connectivity index is 2.80. The monoisotopic (exact) mass is 236 g/mol. The fraction of sp³-hybridized carbons (Fsp3) is 0.750. The average molecular weight is 236 g/mol. The minimum absolute atomic E-state index is 0.144. The molecular formula is C16H28O. The number of aliphatic hydroxyl groups excluding tert-OH is 1. The summed E-state index contributed by atoms with van der Waals surface area (Å²) < 4.78 is 0. The predicted molar refractivity (Wildman–Crippen MR) is 74.9 cm³/mol. The van der Waals surface area contributed by atoms with Crippen LogP contribution in [-0.4, -0.2) is 11.2 Å². The van der Waals surface area contributed by atoms with E-state index in [0.29, 0.717) is 5.92 Å². The Morgan fingerprint density at radius 3 is 2.59 bits per heavy atom. The Labute approximate surface area is 107 Å². The van der Waals surface area contributed by atoms with Crippen LogP contribution in [0.5, 0.6) is 0 Å². The zero-order chi connectivity index (χ0) is 13.3. The molecule has 1 aliphatic carbocycles. The number of allylic oxidation sites excluding steroid dienone is 2. The second-order valence-corrected chi connectivity index (χ2v) is 6.68. The largest absolute Gasteiger partial charge is 0.393 e. The van der Waals surface area contributed by atoms with E-state index in [1.54, 1.807) is 0 Å². The summed E-state index contributed by atoms with van der Waals surface area (Å²) in [6.07, 6.45) is 7.82. The van der Waals surface area contributed by atoms with Gasteiger partial charge in [0.05, 0.1) is 6.10 Å². The van der Waals surface area contributed by atoms with Crippen LogP contribution in [0.25, 0.3) is 0 Å². The fourth-order valence-corrected chi connectivity index (χ4v) is 2.32. The highest BCUT2D eigenvalue weighted by Crippen LogP contribution is 2.44. The van der Waals surface area contributed by atoms with E-state index in [-0.39, 0.29) is 16.9 Å². The molecule has 0 amide bonds. The maximum absolute atomic E-state index is 9.72. The van der Waals surface area contributed by atoms with Crippen molar-refractivity contribution >= 4 is 0 Å². The van der Waals surface area contributed by atoms with E-state index in [2.05, 4.69) is 46.4 Å². The summed E-state index contributed by atoms with van der Waals surface area (Å²) in [4.78, 5) is 0. The zero-order valence-corrected chi connectivity index (χ0v) is 12.1. The molecule has 1 fully saturated rings. The number of aliphatic hydroxyl groups is 1. The quantitative estimate of drug-likeness (QED) is 0.723. The molecule has 0 aliphatic heterocycles. The normalized spacial score (nSPS) is 27.4. The summed E-state index contributed by atoms with van der Waals surface area (Å²) in [6, 6.07) is 0. The van der Waals surface area contributed by atoms with Crippen molar-refractivity contribution in [3.05, 3.63) is 24.3 Å². The highest BCUT2D eigenvalue weighted by atomic mass is 16.3. The molecular weight excluding hydrogens is 208 g/mol. The predicted octanol–water partition coefficient (Wildman–Crippen LogP) is 4.33. The smallest absolute Gasteiger partial charge is 0.0597 e. The molecule has 0 aromatic heterocycles. The van der Waals surface area contributed by atoms with Crippen molar-refractivity contribution in [2.75, 3.05) is 0 Å². The molecule has 1 N–H and O–H groups in total. The van der Waals surface area contributed by atoms with Crippen molar-refractivity contribution in [2.45, 2.75) is 60.0 Å². The minimum atomic E-state index is -0.311. The van der Waals surface area contributed by atoms with Gasteiger partial charge in [0.15, 0.2) is 0 Å². The Bertz CT molecular complexity index is 307. The topological polar surface area (TPSA) is 20.2 Å². The van der Waals surface area contributed by atoms with Gasteiger partial charge in [0.1, 0.15) is 0 Å². The molecule has 1 saturated carbocycles. The SMILES string of the molecule is C=C1CCCC(/C=C/C(C)(C)[C@H](C)O)C1(C)C. The molecule has 0 spiro atoms. The Morgan fingerprint density at radius 1 is 1.47 bits per heavy atom. The Hall–Kier alpha value is -0.560. The molecule has 1 aliphatic rings. The fourth-order valence-electron chi connectivity index (χ4n) is 2.32. The first-order valence-electron chi connectivity index (χ1n) is 6.73. The third kappa shape index (κ3) is 3.22. The van der Waals surface area contributed by atoms with Crippen LogP contribution in [0.15, 0.2) is 24.3 Å². The molecule has 98 valence electrons. The first-order valence-corrected chi connectivity index (χ1v) is 6.73. The van der Waals surface area contributed by atoms with E-state index >= 15 is 0 Å². The lowest BCUT2D eigenvalue weighted by Crippen LogP contribution is -2.30. The maximum atomic E-state index is 9.72. The van der Waals surface area contributed by atoms with Gasteiger partial charge in [-0.3, -0.25) is 0 Å². The van der Waals surface area contributed by atoms with Crippen LogP contribution in [0.4, 0.5) is 0 Å². The van der Waals surface area contributed by atoms with Gasteiger partial charge in [-0.2, -0.15) is 0 Å². The highest BCUT2D eigenvalue weighted by molar-refractivity contribution is 5.17. The molecule has 1 unspecified atom stereocenters. The van der Waals surface area contributed by atoms with E-state index in [1.807, 2.05) is 6.92 Å². The van der Waals surface area contributed by atoms with Crippen LogP contribution < -0.4 is 0 Å². The van der Waals surface area contributed by atoms with Crippen LogP contribution in [0, 0.1) is 16.7 Å². The average Bonchev–Trinajstić information content (AvgIpc) is 2.20. The number of hydrogen-bond donors (Lipinski definition) is 1. The molecule has 0 heterocycles. The van der Waals surface area contributed by atoms with Gasteiger partial charge >= 0.3 is 0 Å². The Kier molecular flexibility index (Phi) is 4.24. The maximum Gasteiger partial charge on any atom is 0.0597 e. The molecule has 1 heteroatoms. The Morgan fingerprint density at radius 2 is 2.06 bits per heavy atom. The molecule has 0 bridgehead atoms. The van der Waals surface area contributed by atoms with Gasteiger partial charge < -0.3 is 5.11 Å². The first kappa shape index (κ1) is 14.5. The van der Waals surface area contributed by atoms with E-state index in [1.165, 1.54) is 18.4 Å². The van der Waals surface area contributed by atoms with E-state index < -0.39 is 0 Å². The molecule has 0 aromatic rings. The van der Waals surface area contributed by atoms with Crippen molar-refractivity contribution in [1.82, 2.24) is 0 Å². The second kappa shape index (κ2) is 4.97. The summed E-state index contributed by atoms with van der Waals surface area (Å²) in [5.74, 6) is 0.557. The van der Waals surface area contributed by atoms with Gasteiger partial charge in [0.25, 0.3) is 0 Å². The summed E-state index contributed by atoms with van der Waals surface area (Å²) in [5.41, 5.74) is 1.42. The van der Waals surface area contributed by atoms with Gasteiger partial charge in [0.2, 0.25) is 0 Å². The van der Waals surface area contributed by atoms with Gasteiger partial charge in [0, 0.05) is 5.41 Å². The lowest BCUT2D eigenvalue weighted by Gasteiger charge is -2.39. The van der Waals surface area contributed by atoms with Crippen LogP contribution >= 0.6 is 0 Å². The van der Waals surface area contributed by atoms with E-state index in [0.717, 1.165) is 6.42 Å². The highest BCUT2D eigenvalue weighted by Gasteiger charge is 2.34. The minimum Gasteiger partial charge on any atom is -0.393 e. The molecule has 1 rings (SSSR count). The van der Waals surface area contributed by atoms with Crippen LogP contribution in [0.1, 0.15) is 53.9 Å². The van der Waals surface area contributed by atoms with E-state index in [9.17, 15) is 5.11 Å². The summed E-state index contributed by atoms with van der Waals surface area (Å²) in [7, 11) is 0. The summed E-state index contributed by atoms with van der Waals surface area (Å²) >= 11 is 0. The van der Waals surface area contributed by atoms with Crippen molar-refractivity contribution in [3.8, 4) is 0 Å². The van der Waals surface area contributed by atoms with Crippen molar-refractivity contribution in [2.24, 2.45) is 16.7 Å². The van der Waals surface area contributed by atoms with Gasteiger partial charge in [-0.1, -0.05) is 52.0 Å². The number of hydrogen-bond acceptors (Lipinski definition) is 1. The molecule has 17 heavy (non-hydrogen) atoms. The summed E-state index contributed by atoms with van der Waals surface area (Å²) in [6.45, 7) is 14.8. The lowest BCUT2D eigenvalue weighted by molar-refractivity contribution is 0.0986. The van der Waals surface area contributed by atoms with Crippen molar-refractivity contribution in [3.63, 3.8) is 0 Å². The molecule has 1 nitrogen and oxygen atoms in total. The van der Waals surface area contributed by atoms with Crippen LogP contribution in [-0.2, 0) is 0 Å². The van der Waals surface area contributed by atoms with Gasteiger partial charge in [-0.25, -0.2) is 0 Å². The van der Waals surface area contributed by atoms with Crippen molar-refractivity contribution in [1.29, 1.82) is 0 Å². The van der Waals surface area contributed by atoms with Gasteiger partial charge in [-0.15, -0.1) is 0 Å². The molecule has 0 saturated heterocycles. The third-order valence-electron chi connectivity index (χ3n) is 4.67. The van der Waals surface area contributed by atoms with Crippen LogP contribution in [0.2, 0.25) is 0 Å². The molecule has 2 atom stereocenters. The van der Waals surface area contributed by atoms with Crippen LogP contribution in [0.3, 0.4) is 0 Å². The molecule has 0 aromatic carbocycles. The third-order valence-corrected chi connectivity index (χ3v) is 4.67. The lowest BCUT2D eigenvalue weighted by atomic mass is 9.65. The van der Waals surface area contributed by atoms with Crippen molar-refractivity contribution < 1.29 is 5.11 Å².